The molecule has 0 saturated carbocycles. The Morgan fingerprint density at radius 2 is 1.40 bits per heavy atom. The van der Waals surface area contributed by atoms with Gasteiger partial charge in [0.1, 0.15) is 5.82 Å². The first-order valence-corrected chi connectivity index (χ1v) is 6.83. The molecule has 0 bridgehead atoms. The molecule has 0 aliphatic heterocycles. The quantitative estimate of drug-likeness (QED) is 0.710. The molecule has 1 heterocycles. The highest BCUT2D eigenvalue weighted by Crippen LogP contribution is 2.16. The fourth-order valence-electron chi connectivity index (χ4n) is 2.19. The number of aryl methyl sites for hydroxylation is 2. The van der Waals surface area contributed by atoms with Crippen molar-refractivity contribution in [3.63, 3.8) is 0 Å². The summed E-state index contributed by atoms with van der Waals surface area (Å²) in [7, 11) is 0. The molecule has 20 heavy (non-hydrogen) atoms. The minimum absolute atomic E-state index is 0.866. The van der Waals surface area contributed by atoms with Gasteiger partial charge in [-0.05, 0) is 18.1 Å². The first-order chi connectivity index (χ1) is 9.92. The summed E-state index contributed by atoms with van der Waals surface area (Å²) >= 11 is 0. The van der Waals surface area contributed by atoms with Gasteiger partial charge in [-0.1, -0.05) is 60.7 Å². The Labute approximate surface area is 119 Å². The van der Waals surface area contributed by atoms with Crippen LogP contribution in [0.2, 0.25) is 0 Å². The third-order valence-corrected chi connectivity index (χ3v) is 3.26. The van der Waals surface area contributed by atoms with E-state index in [-0.39, 0.29) is 0 Å². The van der Waals surface area contributed by atoms with E-state index in [1.165, 1.54) is 5.56 Å². The SMILES string of the molecule is c1ccc(CCc2nccc(-c3ccccc3)n2)cc1. The van der Waals surface area contributed by atoms with Crippen molar-refractivity contribution >= 4 is 0 Å². The number of aromatic nitrogens is 2. The van der Waals surface area contributed by atoms with Gasteiger partial charge in [0.05, 0.1) is 5.69 Å². The standard InChI is InChI=1S/C18H16N2/c1-3-7-15(8-4-1)11-12-18-19-14-13-17(20-18)16-9-5-2-6-10-16/h1-10,13-14H,11-12H2. The Bertz CT molecular complexity index is 663. The Morgan fingerprint density at radius 1 is 0.700 bits per heavy atom. The van der Waals surface area contributed by atoms with E-state index < -0.39 is 0 Å². The third kappa shape index (κ3) is 3.09. The lowest BCUT2D eigenvalue weighted by molar-refractivity contribution is 0.860. The molecule has 2 nitrogen and oxygen atoms in total. The van der Waals surface area contributed by atoms with E-state index in [2.05, 4.69) is 46.4 Å². The lowest BCUT2D eigenvalue weighted by Gasteiger charge is -2.04. The third-order valence-electron chi connectivity index (χ3n) is 3.26. The monoisotopic (exact) mass is 260 g/mol. The predicted molar refractivity (Wildman–Crippen MR) is 81.3 cm³/mol. The summed E-state index contributed by atoms with van der Waals surface area (Å²) in [4.78, 5) is 9.02. The fraction of sp³-hybridized carbons (Fsp3) is 0.111. The molecule has 0 spiro atoms. The van der Waals surface area contributed by atoms with Gasteiger partial charge in [0.15, 0.2) is 0 Å². The van der Waals surface area contributed by atoms with Crippen LogP contribution in [0.5, 0.6) is 0 Å². The summed E-state index contributed by atoms with van der Waals surface area (Å²) in [6, 6.07) is 22.6. The first-order valence-electron chi connectivity index (χ1n) is 6.83. The molecule has 0 saturated heterocycles. The lowest BCUT2D eigenvalue weighted by atomic mass is 10.1. The number of hydrogen-bond acceptors (Lipinski definition) is 2. The highest BCUT2D eigenvalue weighted by atomic mass is 14.9. The summed E-state index contributed by atoms with van der Waals surface area (Å²) in [5.41, 5.74) is 3.45. The van der Waals surface area contributed by atoms with Crippen LogP contribution in [-0.4, -0.2) is 9.97 Å². The maximum atomic E-state index is 4.65. The molecule has 0 radical (unpaired) electrons. The van der Waals surface area contributed by atoms with Crippen molar-refractivity contribution in [2.75, 3.05) is 0 Å². The molecule has 0 unspecified atom stereocenters. The summed E-state index contributed by atoms with van der Waals surface area (Å²) < 4.78 is 0. The van der Waals surface area contributed by atoms with E-state index in [0.717, 1.165) is 29.9 Å². The number of nitrogens with zero attached hydrogens (tertiary/aromatic N) is 2. The fourth-order valence-corrected chi connectivity index (χ4v) is 2.19. The molecule has 0 amide bonds. The van der Waals surface area contributed by atoms with Crippen LogP contribution in [0.15, 0.2) is 72.9 Å². The summed E-state index contributed by atoms with van der Waals surface area (Å²) in [5, 5.41) is 0. The van der Waals surface area contributed by atoms with Crippen molar-refractivity contribution in [3.8, 4) is 11.3 Å². The Balaban J connectivity index is 1.75. The number of benzene rings is 2. The molecule has 98 valence electrons. The predicted octanol–water partition coefficient (Wildman–Crippen LogP) is 3.93. The average molecular weight is 260 g/mol. The van der Waals surface area contributed by atoms with E-state index in [4.69, 9.17) is 0 Å². The molecule has 0 fully saturated rings. The van der Waals surface area contributed by atoms with Gasteiger partial charge in [0, 0.05) is 18.2 Å². The van der Waals surface area contributed by atoms with Crippen LogP contribution >= 0.6 is 0 Å². The van der Waals surface area contributed by atoms with Crippen molar-refractivity contribution in [1.29, 1.82) is 0 Å². The molecule has 1 aromatic heterocycles. The molecule has 3 aromatic rings. The van der Waals surface area contributed by atoms with Crippen molar-refractivity contribution in [2.24, 2.45) is 0 Å². The second kappa shape index (κ2) is 6.11. The summed E-state index contributed by atoms with van der Waals surface area (Å²) in [5.74, 6) is 0.898. The van der Waals surface area contributed by atoms with Crippen LogP contribution < -0.4 is 0 Å². The van der Waals surface area contributed by atoms with Crippen molar-refractivity contribution in [1.82, 2.24) is 9.97 Å². The maximum Gasteiger partial charge on any atom is 0.129 e. The molecule has 0 N–H and O–H groups in total. The normalized spacial score (nSPS) is 10.4. The smallest absolute Gasteiger partial charge is 0.129 e. The average Bonchev–Trinajstić information content (AvgIpc) is 2.55. The van der Waals surface area contributed by atoms with Gasteiger partial charge in [-0.3, -0.25) is 0 Å². The van der Waals surface area contributed by atoms with Crippen LogP contribution in [0.1, 0.15) is 11.4 Å². The molecule has 2 aromatic carbocycles. The first kappa shape index (κ1) is 12.5. The van der Waals surface area contributed by atoms with Crippen LogP contribution in [-0.2, 0) is 12.8 Å². The van der Waals surface area contributed by atoms with Crippen LogP contribution in [0.4, 0.5) is 0 Å². The zero-order valence-electron chi connectivity index (χ0n) is 11.2. The Hall–Kier alpha value is -2.48. The minimum atomic E-state index is 0.866. The van der Waals surface area contributed by atoms with E-state index in [0.29, 0.717) is 0 Å². The molecule has 0 aliphatic rings. The zero-order chi connectivity index (χ0) is 13.6. The van der Waals surface area contributed by atoms with E-state index in [1.807, 2.05) is 36.5 Å². The lowest BCUT2D eigenvalue weighted by Crippen LogP contribution is -1.99. The summed E-state index contributed by atoms with van der Waals surface area (Å²) in [6.07, 6.45) is 3.68. The molecule has 0 atom stereocenters. The molecular weight excluding hydrogens is 244 g/mol. The zero-order valence-corrected chi connectivity index (χ0v) is 11.2. The van der Waals surface area contributed by atoms with Gasteiger partial charge in [0.25, 0.3) is 0 Å². The van der Waals surface area contributed by atoms with Gasteiger partial charge in [0.2, 0.25) is 0 Å². The van der Waals surface area contributed by atoms with E-state index in [1.54, 1.807) is 0 Å². The summed E-state index contributed by atoms with van der Waals surface area (Å²) in [6.45, 7) is 0. The van der Waals surface area contributed by atoms with Gasteiger partial charge in [-0.15, -0.1) is 0 Å². The number of rotatable bonds is 4. The van der Waals surface area contributed by atoms with Gasteiger partial charge in [-0.25, -0.2) is 9.97 Å². The minimum Gasteiger partial charge on any atom is -0.241 e. The second-order valence-corrected chi connectivity index (χ2v) is 4.71. The molecule has 3 rings (SSSR count). The van der Waals surface area contributed by atoms with Gasteiger partial charge < -0.3 is 0 Å². The van der Waals surface area contributed by atoms with Crippen molar-refractivity contribution < 1.29 is 0 Å². The van der Waals surface area contributed by atoms with Crippen LogP contribution in [0.25, 0.3) is 11.3 Å². The Kier molecular flexibility index (Phi) is 3.83. The van der Waals surface area contributed by atoms with Crippen LogP contribution in [0.3, 0.4) is 0 Å². The van der Waals surface area contributed by atoms with Crippen molar-refractivity contribution in [3.05, 3.63) is 84.3 Å². The van der Waals surface area contributed by atoms with E-state index in [9.17, 15) is 0 Å². The molecule has 0 aliphatic carbocycles. The highest BCUT2D eigenvalue weighted by molar-refractivity contribution is 5.58. The van der Waals surface area contributed by atoms with Gasteiger partial charge in [-0.2, -0.15) is 0 Å². The molecule has 2 heteroatoms. The van der Waals surface area contributed by atoms with E-state index >= 15 is 0 Å². The van der Waals surface area contributed by atoms with Crippen molar-refractivity contribution in [2.45, 2.75) is 12.8 Å². The van der Waals surface area contributed by atoms with Gasteiger partial charge >= 0.3 is 0 Å². The highest BCUT2D eigenvalue weighted by Gasteiger charge is 2.02. The largest absolute Gasteiger partial charge is 0.241 e. The Morgan fingerprint density at radius 3 is 2.15 bits per heavy atom. The van der Waals surface area contributed by atoms with Crippen LogP contribution in [0, 0.1) is 0 Å². The topological polar surface area (TPSA) is 25.8 Å². The maximum absolute atomic E-state index is 4.65. The number of hydrogen-bond donors (Lipinski definition) is 0. The second-order valence-electron chi connectivity index (χ2n) is 4.71. The molecular formula is C18H16N2.